The molecule has 112 valence electrons. The van der Waals surface area contributed by atoms with Gasteiger partial charge in [-0.2, -0.15) is 0 Å². The number of carbonyl (C=O) groups excluding carboxylic acids is 1. The minimum absolute atomic E-state index is 0.325. The lowest BCUT2D eigenvalue weighted by Crippen LogP contribution is -2.24. The lowest BCUT2D eigenvalue weighted by Gasteiger charge is -2.20. The maximum absolute atomic E-state index is 11.8. The van der Waals surface area contributed by atoms with Crippen LogP contribution in [0.15, 0.2) is 24.3 Å². The van der Waals surface area contributed by atoms with Crippen LogP contribution in [0.3, 0.4) is 0 Å². The van der Waals surface area contributed by atoms with Gasteiger partial charge in [-0.3, -0.25) is 4.79 Å². The predicted molar refractivity (Wildman–Crippen MR) is 77.6 cm³/mol. The van der Waals surface area contributed by atoms with E-state index in [4.69, 9.17) is 9.47 Å². The molecule has 1 rings (SSSR count). The second-order valence-electron chi connectivity index (χ2n) is 4.63. The summed E-state index contributed by atoms with van der Waals surface area (Å²) in [5, 5.41) is 10.3. The van der Waals surface area contributed by atoms with Crippen molar-refractivity contribution >= 4 is 5.97 Å². The fourth-order valence-electron chi connectivity index (χ4n) is 1.98. The summed E-state index contributed by atoms with van der Waals surface area (Å²) in [6.07, 6.45) is 0.637. The fourth-order valence-corrected chi connectivity index (χ4v) is 1.98. The van der Waals surface area contributed by atoms with Crippen molar-refractivity contribution in [2.24, 2.45) is 5.92 Å². The Hall–Kier alpha value is -1.55. The van der Waals surface area contributed by atoms with Crippen LogP contribution >= 0.6 is 0 Å². The first-order chi connectivity index (χ1) is 9.63. The van der Waals surface area contributed by atoms with Gasteiger partial charge in [-0.05, 0) is 37.5 Å². The van der Waals surface area contributed by atoms with E-state index < -0.39 is 12.0 Å². The highest BCUT2D eigenvalue weighted by Gasteiger charge is 2.27. The number of carbonyl (C=O) groups is 1. The smallest absolute Gasteiger partial charge is 0.311 e. The van der Waals surface area contributed by atoms with Gasteiger partial charge in [0.2, 0.25) is 0 Å². The molecule has 1 aromatic rings. The maximum Gasteiger partial charge on any atom is 0.311 e. The van der Waals surface area contributed by atoms with Gasteiger partial charge in [0, 0.05) is 0 Å². The number of aliphatic hydroxyl groups is 1. The zero-order valence-corrected chi connectivity index (χ0v) is 12.5. The Labute approximate surface area is 120 Å². The van der Waals surface area contributed by atoms with Crippen molar-refractivity contribution in [3.8, 4) is 5.75 Å². The molecule has 0 spiro atoms. The second kappa shape index (κ2) is 8.59. The summed E-state index contributed by atoms with van der Waals surface area (Å²) >= 11 is 0. The summed E-state index contributed by atoms with van der Waals surface area (Å²) in [5.41, 5.74) is 0.703. The monoisotopic (exact) mass is 280 g/mol. The maximum atomic E-state index is 11.8. The normalized spacial score (nSPS) is 13.6. The van der Waals surface area contributed by atoms with E-state index in [2.05, 4.69) is 0 Å². The fraction of sp³-hybridized carbons (Fsp3) is 0.562. The van der Waals surface area contributed by atoms with Crippen LogP contribution in [0.1, 0.15) is 45.3 Å². The Bertz CT molecular complexity index is 399. The molecule has 2 unspecified atom stereocenters. The summed E-state index contributed by atoms with van der Waals surface area (Å²) < 4.78 is 10.5. The van der Waals surface area contributed by atoms with Crippen molar-refractivity contribution in [2.75, 3.05) is 13.2 Å². The van der Waals surface area contributed by atoms with Gasteiger partial charge in [0.25, 0.3) is 0 Å². The third-order valence-corrected chi connectivity index (χ3v) is 3.10. The van der Waals surface area contributed by atoms with Crippen LogP contribution in [0.4, 0.5) is 0 Å². The topological polar surface area (TPSA) is 55.8 Å². The summed E-state index contributed by atoms with van der Waals surface area (Å²) in [6.45, 7) is 6.66. The second-order valence-corrected chi connectivity index (χ2v) is 4.63. The van der Waals surface area contributed by atoms with Gasteiger partial charge in [-0.15, -0.1) is 0 Å². The molecule has 0 fully saturated rings. The Balaban J connectivity index is 2.74. The van der Waals surface area contributed by atoms with Gasteiger partial charge < -0.3 is 14.6 Å². The van der Waals surface area contributed by atoms with Gasteiger partial charge in [-0.25, -0.2) is 0 Å². The van der Waals surface area contributed by atoms with E-state index in [9.17, 15) is 9.90 Å². The Morgan fingerprint density at radius 2 is 1.85 bits per heavy atom. The molecular weight excluding hydrogens is 256 g/mol. The number of benzene rings is 1. The van der Waals surface area contributed by atoms with Crippen LogP contribution in [-0.4, -0.2) is 24.3 Å². The molecule has 0 saturated carbocycles. The molecule has 2 atom stereocenters. The zero-order valence-electron chi connectivity index (χ0n) is 12.5. The molecule has 1 aromatic carbocycles. The van der Waals surface area contributed by atoms with Crippen molar-refractivity contribution in [3.05, 3.63) is 29.8 Å². The Morgan fingerprint density at radius 3 is 2.35 bits per heavy atom. The van der Waals surface area contributed by atoms with E-state index in [1.165, 1.54) is 0 Å². The first-order valence-corrected chi connectivity index (χ1v) is 7.21. The molecule has 1 N–H and O–H groups in total. The number of rotatable bonds is 8. The third kappa shape index (κ3) is 4.53. The van der Waals surface area contributed by atoms with Crippen molar-refractivity contribution in [1.82, 2.24) is 0 Å². The Kier molecular flexibility index (Phi) is 7.09. The van der Waals surface area contributed by atoms with Gasteiger partial charge in [-0.1, -0.05) is 26.0 Å². The van der Waals surface area contributed by atoms with Crippen molar-refractivity contribution < 1.29 is 19.4 Å². The van der Waals surface area contributed by atoms with E-state index in [1.54, 1.807) is 19.1 Å². The van der Waals surface area contributed by atoms with Gasteiger partial charge >= 0.3 is 5.97 Å². The number of hydrogen-bond acceptors (Lipinski definition) is 4. The number of esters is 1. The van der Waals surface area contributed by atoms with Crippen LogP contribution in [0.5, 0.6) is 5.75 Å². The lowest BCUT2D eigenvalue weighted by atomic mass is 9.93. The van der Waals surface area contributed by atoms with Crippen LogP contribution < -0.4 is 4.74 Å². The first kappa shape index (κ1) is 16.5. The minimum atomic E-state index is -0.848. The van der Waals surface area contributed by atoms with Crippen LogP contribution in [0.2, 0.25) is 0 Å². The predicted octanol–water partition coefficient (Wildman–Crippen LogP) is 3.10. The van der Waals surface area contributed by atoms with E-state index in [1.807, 2.05) is 26.0 Å². The third-order valence-electron chi connectivity index (χ3n) is 3.10. The van der Waals surface area contributed by atoms with E-state index >= 15 is 0 Å². The summed E-state index contributed by atoms with van der Waals surface area (Å²) in [4.78, 5) is 11.8. The molecule has 0 saturated heterocycles. The van der Waals surface area contributed by atoms with Crippen molar-refractivity contribution in [1.29, 1.82) is 0 Å². The minimum Gasteiger partial charge on any atom is -0.494 e. The molecule has 0 bridgehead atoms. The highest BCUT2D eigenvalue weighted by Crippen LogP contribution is 2.27. The molecule has 0 aromatic heterocycles. The molecule has 0 heterocycles. The molecule has 4 nitrogen and oxygen atoms in total. The summed E-state index contributed by atoms with van der Waals surface area (Å²) in [5.74, 6) is -0.113. The average Bonchev–Trinajstić information content (AvgIpc) is 2.46. The highest BCUT2D eigenvalue weighted by molar-refractivity contribution is 5.73. The van der Waals surface area contributed by atoms with Crippen molar-refractivity contribution in [3.63, 3.8) is 0 Å². The van der Waals surface area contributed by atoms with Crippen molar-refractivity contribution in [2.45, 2.75) is 39.7 Å². The molecular formula is C16H24O4. The van der Waals surface area contributed by atoms with Crippen LogP contribution in [-0.2, 0) is 9.53 Å². The SMILES string of the molecule is CCCOc1ccc(C(O)C(CC)C(=O)OCC)cc1. The molecule has 0 aliphatic carbocycles. The van der Waals surface area contributed by atoms with E-state index in [0.717, 1.165) is 12.2 Å². The zero-order chi connectivity index (χ0) is 15.0. The molecule has 4 heteroatoms. The largest absolute Gasteiger partial charge is 0.494 e. The van der Waals surface area contributed by atoms with Crippen LogP contribution in [0, 0.1) is 5.92 Å². The average molecular weight is 280 g/mol. The van der Waals surface area contributed by atoms with Gasteiger partial charge in [0.15, 0.2) is 0 Å². The summed E-state index contributed by atoms with van der Waals surface area (Å²) in [7, 11) is 0. The van der Waals surface area contributed by atoms with Crippen LogP contribution in [0.25, 0.3) is 0 Å². The molecule has 0 amide bonds. The molecule has 0 aliphatic heterocycles. The highest BCUT2D eigenvalue weighted by atomic mass is 16.5. The molecule has 0 aliphatic rings. The number of ether oxygens (including phenoxy) is 2. The number of aliphatic hydroxyl groups excluding tert-OH is 1. The quantitative estimate of drug-likeness (QED) is 0.743. The molecule has 20 heavy (non-hydrogen) atoms. The first-order valence-electron chi connectivity index (χ1n) is 7.21. The standard InChI is InChI=1S/C16H24O4/c1-4-11-20-13-9-7-12(8-10-13)15(17)14(5-2)16(18)19-6-3/h7-10,14-15,17H,4-6,11H2,1-3H3. The summed E-state index contributed by atoms with van der Waals surface area (Å²) in [6, 6.07) is 7.20. The van der Waals surface area contributed by atoms with E-state index in [0.29, 0.717) is 25.2 Å². The lowest BCUT2D eigenvalue weighted by molar-refractivity contribution is -0.152. The van der Waals surface area contributed by atoms with E-state index in [-0.39, 0.29) is 5.97 Å². The Morgan fingerprint density at radius 1 is 1.20 bits per heavy atom. The van der Waals surface area contributed by atoms with Gasteiger partial charge in [0.1, 0.15) is 5.75 Å². The molecule has 0 radical (unpaired) electrons. The van der Waals surface area contributed by atoms with Gasteiger partial charge in [0.05, 0.1) is 25.2 Å². The number of hydrogen-bond donors (Lipinski definition) is 1.